The minimum absolute atomic E-state index is 0.0512. The predicted octanol–water partition coefficient (Wildman–Crippen LogP) is 1.85. The van der Waals surface area contributed by atoms with Crippen LogP contribution in [0, 0.1) is 10.1 Å². The Morgan fingerprint density at radius 3 is 2.50 bits per heavy atom. The molecule has 0 saturated carbocycles. The van der Waals surface area contributed by atoms with Crippen LogP contribution in [0.25, 0.3) is 0 Å². The molecule has 0 fully saturated rings. The molecule has 1 heterocycles. The molecule has 0 bridgehead atoms. The molecule has 1 aromatic heterocycles. The molecule has 22 heavy (non-hydrogen) atoms. The van der Waals surface area contributed by atoms with Crippen molar-refractivity contribution in [1.29, 1.82) is 0 Å². The number of ether oxygens (including phenoxy) is 1. The van der Waals surface area contributed by atoms with E-state index < -0.39 is 11.1 Å². The number of nitrogens with zero attached hydrogens (tertiary/aromatic N) is 2. The van der Waals surface area contributed by atoms with Gasteiger partial charge in [-0.15, -0.1) is 10.1 Å². The second kappa shape index (κ2) is 7.02. The first-order chi connectivity index (χ1) is 10.6. The van der Waals surface area contributed by atoms with Crippen LogP contribution in [0.3, 0.4) is 0 Å². The van der Waals surface area contributed by atoms with Gasteiger partial charge in [0.25, 0.3) is 5.09 Å². The van der Waals surface area contributed by atoms with E-state index in [-0.39, 0.29) is 24.5 Å². The number of phenolic OH excluding ortho intramolecular Hbond substituents is 1. The van der Waals surface area contributed by atoms with Crippen molar-refractivity contribution in [2.24, 2.45) is 0 Å². The summed E-state index contributed by atoms with van der Waals surface area (Å²) in [6.07, 6.45) is 0. The summed E-state index contributed by atoms with van der Waals surface area (Å²) in [5.74, 6) is -0.861. The highest BCUT2D eigenvalue weighted by Crippen LogP contribution is 2.17. The number of aromatic hydroxyl groups is 1. The van der Waals surface area contributed by atoms with Crippen LogP contribution in [-0.2, 0) is 22.8 Å². The van der Waals surface area contributed by atoms with Crippen molar-refractivity contribution in [1.82, 2.24) is 4.98 Å². The number of phenols is 1. The van der Waals surface area contributed by atoms with Gasteiger partial charge in [-0.05, 0) is 24.3 Å². The van der Waals surface area contributed by atoms with Gasteiger partial charge >= 0.3 is 5.97 Å². The van der Waals surface area contributed by atoms with Crippen LogP contribution in [0.15, 0.2) is 42.5 Å². The number of hydrogen-bond acceptors (Lipinski definition) is 7. The normalized spacial score (nSPS) is 10.0. The Bertz CT molecular complexity index is 689. The van der Waals surface area contributed by atoms with Gasteiger partial charge in [0.2, 0.25) is 0 Å². The zero-order chi connectivity index (χ0) is 15.9. The second-order valence-electron chi connectivity index (χ2n) is 4.21. The molecular weight excluding hydrogens is 292 g/mol. The first-order valence-corrected chi connectivity index (χ1v) is 6.23. The number of carbonyl (C=O) groups excluding carboxylic acids is 1. The van der Waals surface area contributed by atoms with E-state index in [4.69, 9.17) is 4.74 Å². The first-order valence-electron chi connectivity index (χ1n) is 6.23. The monoisotopic (exact) mass is 304 g/mol. The molecule has 1 aromatic carbocycles. The van der Waals surface area contributed by atoms with E-state index in [0.717, 1.165) is 0 Å². The molecule has 0 unspecified atom stereocenters. The molecule has 0 aliphatic carbocycles. The number of esters is 1. The standard InChI is InChI=1S/C14H12N2O6/c17-13-7-2-1-6-12(13)14(18)21-8-10-4-3-5-11(15-10)9-22-16(19)20/h1-7,17H,8-9H2. The molecule has 8 nitrogen and oxygen atoms in total. The van der Waals surface area contributed by atoms with Crippen LogP contribution in [0.2, 0.25) is 0 Å². The fourth-order valence-electron chi connectivity index (χ4n) is 1.67. The van der Waals surface area contributed by atoms with Crippen molar-refractivity contribution in [3.05, 3.63) is 69.5 Å². The van der Waals surface area contributed by atoms with Gasteiger partial charge in [0.1, 0.15) is 24.5 Å². The number of hydrogen-bond donors (Lipinski definition) is 1. The largest absolute Gasteiger partial charge is 0.507 e. The Kier molecular flexibility index (Phi) is 4.86. The smallest absolute Gasteiger partial charge is 0.342 e. The summed E-state index contributed by atoms with van der Waals surface area (Å²) in [5.41, 5.74) is 0.802. The Hall–Kier alpha value is -3.16. The van der Waals surface area contributed by atoms with E-state index in [9.17, 15) is 20.0 Å². The SMILES string of the molecule is O=C(OCc1cccc(CO[N+](=O)[O-])n1)c1ccccc1O. The maximum Gasteiger partial charge on any atom is 0.342 e. The summed E-state index contributed by atoms with van der Waals surface area (Å²) in [4.78, 5) is 30.2. The van der Waals surface area contributed by atoms with Crippen molar-refractivity contribution in [3.8, 4) is 5.75 Å². The molecule has 8 heteroatoms. The van der Waals surface area contributed by atoms with Crippen LogP contribution in [-0.4, -0.2) is 21.1 Å². The molecular formula is C14H12N2O6. The minimum atomic E-state index is -0.910. The van der Waals surface area contributed by atoms with E-state index in [1.807, 2.05) is 0 Å². The molecule has 2 rings (SSSR count). The van der Waals surface area contributed by atoms with Gasteiger partial charge in [0.05, 0.1) is 11.4 Å². The summed E-state index contributed by atoms with van der Waals surface area (Å²) in [6.45, 7) is -0.409. The molecule has 0 aliphatic rings. The van der Waals surface area contributed by atoms with Crippen LogP contribution >= 0.6 is 0 Å². The van der Waals surface area contributed by atoms with E-state index in [2.05, 4.69) is 9.82 Å². The van der Waals surface area contributed by atoms with Gasteiger partial charge in [-0.1, -0.05) is 18.2 Å². The van der Waals surface area contributed by atoms with E-state index in [1.165, 1.54) is 12.1 Å². The lowest BCUT2D eigenvalue weighted by Gasteiger charge is -2.07. The van der Waals surface area contributed by atoms with Crippen LogP contribution in [0.4, 0.5) is 0 Å². The zero-order valence-corrected chi connectivity index (χ0v) is 11.3. The third kappa shape index (κ3) is 4.17. The van der Waals surface area contributed by atoms with E-state index >= 15 is 0 Å². The van der Waals surface area contributed by atoms with Gasteiger partial charge in [-0.3, -0.25) is 4.98 Å². The van der Waals surface area contributed by atoms with Gasteiger partial charge < -0.3 is 14.7 Å². The number of para-hydroxylation sites is 1. The minimum Gasteiger partial charge on any atom is -0.507 e. The summed E-state index contributed by atoms with van der Waals surface area (Å²) in [6, 6.07) is 10.8. The average molecular weight is 304 g/mol. The molecule has 0 aliphatic heterocycles. The van der Waals surface area contributed by atoms with Crippen molar-refractivity contribution >= 4 is 5.97 Å². The number of pyridine rings is 1. The molecule has 114 valence electrons. The van der Waals surface area contributed by atoms with Gasteiger partial charge in [0, 0.05) is 0 Å². The van der Waals surface area contributed by atoms with Crippen molar-refractivity contribution in [2.45, 2.75) is 13.2 Å². The highest BCUT2D eigenvalue weighted by atomic mass is 16.9. The van der Waals surface area contributed by atoms with E-state index in [0.29, 0.717) is 11.4 Å². The van der Waals surface area contributed by atoms with Gasteiger partial charge in [0.15, 0.2) is 0 Å². The number of benzene rings is 1. The third-order valence-electron chi connectivity index (χ3n) is 2.66. The third-order valence-corrected chi connectivity index (χ3v) is 2.66. The maximum atomic E-state index is 11.8. The molecule has 0 saturated heterocycles. The lowest BCUT2D eigenvalue weighted by Crippen LogP contribution is -2.08. The van der Waals surface area contributed by atoms with Crippen molar-refractivity contribution < 1.29 is 24.6 Å². The van der Waals surface area contributed by atoms with Crippen molar-refractivity contribution in [3.63, 3.8) is 0 Å². The quantitative estimate of drug-likeness (QED) is 0.492. The summed E-state index contributed by atoms with van der Waals surface area (Å²) in [7, 11) is 0. The van der Waals surface area contributed by atoms with E-state index in [1.54, 1.807) is 30.3 Å². The molecule has 0 amide bonds. The summed E-state index contributed by atoms with van der Waals surface area (Å²) >= 11 is 0. The molecule has 0 atom stereocenters. The highest BCUT2D eigenvalue weighted by molar-refractivity contribution is 5.92. The molecule has 0 spiro atoms. The van der Waals surface area contributed by atoms with Crippen molar-refractivity contribution in [2.75, 3.05) is 0 Å². The van der Waals surface area contributed by atoms with Crippen LogP contribution in [0.1, 0.15) is 21.7 Å². The molecule has 1 N–H and O–H groups in total. The summed E-state index contributed by atoms with van der Waals surface area (Å²) < 4.78 is 5.04. The Morgan fingerprint density at radius 1 is 1.14 bits per heavy atom. The summed E-state index contributed by atoms with van der Waals surface area (Å²) in [5, 5.41) is 18.8. The molecule has 0 radical (unpaired) electrons. The average Bonchev–Trinajstić information content (AvgIpc) is 2.51. The fraction of sp³-hybridized carbons (Fsp3) is 0.143. The van der Waals surface area contributed by atoms with Crippen LogP contribution in [0.5, 0.6) is 5.75 Å². The first kappa shape index (κ1) is 15.2. The zero-order valence-electron chi connectivity index (χ0n) is 11.3. The topological polar surface area (TPSA) is 112 Å². The number of carbonyl (C=O) groups is 1. The Morgan fingerprint density at radius 2 is 1.82 bits per heavy atom. The van der Waals surface area contributed by atoms with Crippen LogP contribution < -0.4 is 0 Å². The number of aromatic nitrogens is 1. The number of rotatable bonds is 6. The highest BCUT2D eigenvalue weighted by Gasteiger charge is 2.12. The Labute approximate surface area is 125 Å². The lowest BCUT2D eigenvalue weighted by atomic mass is 10.2. The lowest BCUT2D eigenvalue weighted by molar-refractivity contribution is -0.763. The molecule has 2 aromatic rings. The maximum absolute atomic E-state index is 11.8. The van der Waals surface area contributed by atoms with Gasteiger partial charge in [-0.25, -0.2) is 4.79 Å². The second-order valence-corrected chi connectivity index (χ2v) is 4.21. The predicted molar refractivity (Wildman–Crippen MR) is 73.2 cm³/mol. The Balaban J connectivity index is 1.97. The fourth-order valence-corrected chi connectivity index (χ4v) is 1.67. The van der Waals surface area contributed by atoms with Gasteiger partial charge in [-0.2, -0.15) is 0 Å².